The van der Waals surface area contributed by atoms with Crippen molar-refractivity contribution in [1.82, 2.24) is 15.5 Å². The zero-order valence-electron chi connectivity index (χ0n) is 16.2. The minimum Gasteiger partial charge on any atom is -0.454 e. The van der Waals surface area contributed by atoms with E-state index in [0.717, 1.165) is 49.0 Å². The summed E-state index contributed by atoms with van der Waals surface area (Å²) in [6, 6.07) is 6.69. The van der Waals surface area contributed by atoms with Crippen molar-refractivity contribution >= 4 is 6.03 Å². The van der Waals surface area contributed by atoms with Crippen LogP contribution in [0.4, 0.5) is 4.79 Å². The van der Waals surface area contributed by atoms with Gasteiger partial charge in [0.2, 0.25) is 6.79 Å². The minimum absolute atomic E-state index is 0.0816. The minimum atomic E-state index is -0.0868. The van der Waals surface area contributed by atoms with E-state index in [4.69, 9.17) is 9.47 Å². The second-order valence-corrected chi connectivity index (χ2v) is 8.05. The third-order valence-corrected chi connectivity index (χ3v) is 6.20. The summed E-state index contributed by atoms with van der Waals surface area (Å²) >= 11 is 0. The molecule has 0 aromatic heterocycles. The third kappa shape index (κ3) is 4.49. The van der Waals surface area contributed by atoms with E-state index in [-0.39, 0.29) is 24.9 Å². The van der Waals surface area contributed by atoms with Gasteiger partial charge in [0.25, 0.3) is 0 Å². The molecular formula is C21H31N3O3. The van der Waals surface area contributed by atoms with Crippen LogP contribution in [0.1, 0.15) is 63.5 Å². The van der Waals surface area contributed by atoms with Crippen LogP contribution in [0.5, 0.6) is 11.5 Å². The normalized spacial score (nSPS) is 22.4. The maximum absolute atomic E-state index is 12.4. The van der Waals surface area contributed by atoms with Gasteiger partial charge in [-0.2, -0.15) is 0 Å². The summed E-state index contributed by atoms with van der Waals surface area (Å²) in [7, 11) is 0. The molecule has 1 unspecified atom stereocenters. The molecule has 27 heavy (non-hydrogen) atoms. The molecule has 1 aliphatic carbocycles. The standard InChI is InChI=1S/C21H31N3O3/c1-15(16-7-8-19-20(13-16)27-14-26-19)22-21(25)23-17-9-11-24(12-10-17)18-5-3-2-4-6-18/h7-8,13,15,17-18H,2-6,9-12,14H2,1H3,(H2,22,23,25). The summed E-state index contributed by atoms with van der Waals surface area (Å²) in [5.74, 6) is 1.51. The smallest absolute Gasteiger partial charge is 0.315 e. The van der Waals surface area contributed by atoms with E-state index in [1.165, 1.54) is 32.1 Å². The number of piperidine rings is 1. The van der Waals surface area contributed by atoms with Gasteiger partial charge in [-0.1, -0.05) is 25.3 Å². The number of ether oxygens (including phenoxy) is 2. The van der Waals surface area contributed by atoms with Gasteiger partial charge >= 0.3 is 6.03 Å². The molecule has 3 aliphatic rings. The summed E-state index contributed by atoms with van der Waals surface area (Å²) < 4.78 is 10.8. The van der Waals surface area contributed by atoms with Crippen molar-refractivity contribution in [3.63, 3.8) is 0 Å². The van der Waals surface area contributed by atoms with Crippen LogP contribution in [0.3, 0.4) is 0 Å². The fraction of sp³-hybridized carbons (Fsp3) is 0.667. The number of nitrogens with zero attached hydrogens (tertiary/aromatic N) is 1. The molecule has 0 bridgehead atoms. The average molecular weight is 373 g/mol. The summed E-state index contributed by atoms with van der Waals surface area (Å²) in [6.45, 7) is 4.46. The van der Waals surface area contributed by atoms with Gasteiger partial charge in [0.15, 0.2) is 11.5 Å². The summed E-state index contributed by atoms with van der Waals surface area (Å²) in [5, 5.41) is 6.21. The first-order chi connectivity index (χ1) is 13.2. The maximum Gasteiger partial charge on any atom is 0.315 e. The molecular weight excluding hydrogens is 342 g/mol. The van der Waals surface area contributed by atoms with Gasteiger partial charge in [-0.05, 0) is 50.3 Å². The van der Waals surface area contributed by atoms with Crippen LogP contribution < -0.4 is 20.1 Å². The molecule has 2 aliphatic heterocycles. The summed E-state index contributed by atoms with van der Waals surface area (Å²) in [5.41, 5.74) is 1.02. The lowest BCUT2D eigenvalue weighted by Gasteiger charge is -2.39. The Balaban J connectivity index is 1.22. The van der Waals surface area contributed by atoms with Gasteiger partial charge < -0.3 is 25.0 Å². The highest BCUT2D eigenvalue weighted by atomic mass is 16.7. The Labute approximate surface area is 161 Å². The number of rotatable bonds is 4. The molecule has 6 nitrogen and oxygen atoms in total. The Morgan fingerprint density at radius 2 is 1.81 bits per heavy atom. The average Bonchev–Trinajstić information content (AvgIpc) is 3.17. The van der Waals surface area contributed by atoms with Crippen LogP contribution in [0, 0.1) is 0 Å². The highest BCUT2D eigenvalue weighted by Crippen LogP contribution is 2.34. The molecule has 4 rings (SSSR count). The van der Waals surface area contributed by atoms with E-state index in [2.05, 4.69) is 15.5 Å². The van der Waals surface area contributed by atoms with Crippen LogP contribution in [0.25, 0.3) is 0 Å². The molecule has 6 heteroatoms. The predicted octanol–water partition coefficient (Wildman–Crippen LogP) is 3.57. The van der Waals surface area contributed by atoms with Crippen molar-refractivity contribution in [1.29, 1.82) is 0 Å². The molecule has 1 atom stereocenters. The first kappa shape index (κ1) is 18.4. The molecule has 0 radical (unpaired) electrons. The van der Waals surface area contributed by atoms with Crippen LogP contribution in [0.15, 0.2) is 18.2 Å². The van der Waals surface area contributed by atoms with Crippen LogP contribution in [-0.4, -0.2) is 42.9 Å². The van der Waals surface area contributed by atoms with Gasteiger partial charge in [0.05, 0.1) is 6.04 Å². The Kier molecular flexibility index (Phi) is 5.72. The van der Waals surface area contributed by atoms with Crippen molar-refractivity contribution in [2.45, 2.75) is 70.0 Å². The molecule has 2 N–H and O–H groups in total. The van der Waals surface area contributed by atoms with Gasteiger partial charge in [-0.25, -0.2) is 4.79 Å². The lowest BCUT2D eigenvalue weighted by atomic mass is 9.92. The molecule has 2 fully saturated rings. The fourth-order valence-corrected chi connectivity index (χ4v) is 4.54. The molecule has 1 aromatic carbocycles. The molecule has 2 heterocycles. The fourth-order valence-electron chi connectivity index (χ4n) is 4.54. The van der Waals surface area contributed by atoms with E-state index in [0.29, 0.717) is 0 Å². The quantitative estimate of drug-likeness (QED) is 0.847. The molecule has 1 saturated carbocycles. The summed E-state index contributed by atoms with van der Waals surface area (Å²) in [4.78, 5) is 15.1. The lowest BCUT2D eigenvalue weighted by molar-refractivity contribution is 0.117. The Bertz CT molecular complexity index is 652. The van der Waals surface area contributed by atoms with Crippen molar-refractivity contribution in [2.75, 3.05) is 19.9 Å². The number of amides is 2. The number of carbonyl (C=O) groups excluding carboxylic acids is 1. The monoisotopic (exact) mass is 373 g/mol. The van der Waals surface area contributed by atoms with E-state index in [9.17, 15) is 4.79 Å². The lowest BCUT2D eigenvalue weighted by Crippen LogP contribution is -2.50. The van der Waals surface area contributed by atoms with Gasteiger partial charge in [0, 0.05) is 25.2 Å². The molecule has 1 aromatic rings. The largest absolute Gasteiger partial charge is 0.454 e. The number of hydrogen-bond acceptors (Lipinski definition) is 4. The van der Waals surface area contributed by atoms with E-state index in [1.54, 1.807) is 0 Å². The van der Waals surface area contributed by atoms with Crippen LogP contribution in [-0.2, 0) is 0 Å². The second-order valence-electron chi connectivity index (χ2n) is 8.05. The number of nitrogens with one attached hydrogen (secondary N) is 2. The molecule has 2 amide bonds. The number of benzene rings is 1. The van der Waals surface area contributed by atoms with Gasteiger partial charge in [-0.3, -0.25) is 0 Å². The van der Waals surface area contributed by atoms with Crippen molar-refractivity contribution in [3.8, 4) is 11.5 Å². The highest BCUT2D eigenvalue weighted by molar-refractivity contribution is 5.74. The Morgan fingerprint density at radius 3 is 2.59 bits per heavy atom. The van der Waals surface area contributed by atoms with E-state index in [1.807, 2.05) is 25.1 Å². The number of carbonyl (C=O) groups is 1. The van der Waals surface area contributed by atoms with Gasteiger partial charge in [0.1, 0.15) is 0 Å². The first-order valence-electron chi connectivity index (χ1n) is 10.4. The number of likely N-dealkylation sites (tertiary alicyclic amines) is 1. The summed E-state index contributed by atoms with van der Waals surface area (Å²) in [6.07, 6.45) is 8.95. The SMILES string of the molecule is CC(NC(=O)NC1CCN(C2CCCCC2)CC1)c1ccc2c(c1)OCO2. The number of fused-ring (bicyclic) bond motifs is 1. The van der Waals surface area contributed by atoms with E-state index >= 15 is 0 Å². The van der Waals surface area contributed by atoms with Crippen molar-refractivity contribution in [2.24, 2.45) is 0 Å². The number of urea groups is 1. The third-order valence-electron chi connectivity index (χ3n) is 6.20. The first-order valence-corrected chi connectivity index (χ1v) is 10.4. The van der Waals surface area contributed by atoms with E-state index < -0.39 is 0 Å². The number of hydrogen-bond donors (Lipinski definition) is 2. The second kappa shape index (κ2) is 8.38. The van der Waals surface area contributed by atoms with Crippen molar-refractivity contribution in [3.05, 3.63) is 23.8 Å². The zero-order valence-corrected chi connectivity index (χ0v) is 16.2. The zero-order chi connectivity index (χ0) is 18.6. The van der Waals surface area contributed by atoms with Crippen molar-refractivity contribution < 1.29 is 14.3 Å². The molecule has 148 valence electrons. The molecule has 1 saturated heterocycles. The highest BCUT2D eigenvalue weighted by Gasteiger charge is 2.27. The molecule has 0 spiro atoms. The maximum atomic E-state index is 12.4. The van der Waals surface area contributed by atoms with Crippen LogP contribution >= 0.6 is 0 Å². The topological polar surface area (TPSA) is 62.8 Å². The van der Waals surface area contributed by atoms with Gasteiger partial charge in [-0.15, -0.1) is 0 Å². The van der Waals surface area contributed by atoms with Crippen LogP contribution in [0.2, 0.25) is 0 Å². The predicted molar refractivity (Wildman–Crippen MR) is 104 cm³/mol. The Morgan fingerprint density at radius 1 is 1.07 bits per heavy atom. The Hall–Kier alpha value is -1.95.